The maximum absolute atomic E-state index is 11.8. The zero-order chi connectivity index (χ0) is 55.6. The van der Waals surface area contributed by atoms with Crippen LogP contribution in [-0.4, -0.2) is 131 Å². The molecule has 4 aliphatic heterocycles. The molecule has 23 nitrogen and oxygen atoms in total. The van der Waals surface area contributed by atoms with Gasteiger partial charge in [0, 0.05) is 63.9 Å². The van der Waals surface area contributed by atoms with E-state index < -0.39 is 15.4 Å². The first kappa shape index (κ1) is 61.8. The summed E-state index contributed by atoms with van der Waals surface area (Å²) in [4.78, 5) is 76.2. The fourth-order valence-electron chi connectivity index (χ4n) is 8.75. The number of anilines is 5. The van der Waals surface area contributed by atoms with Crippen LogP contribution in [0.5, 0.6) is 0 Å². The second-order valence-corrected chi connectivity index (χ2v) is 19.8. The van der Waals surface area contributed by atoms with E-state index in [0.29, 0.717) is 50.5 Å². The van der Waals surface area contributed by atoms with Gasteiger partial charge in [-0.2, -0.15) is 0 Å². The molecular formula is C52H75BrN12O11. The SMILES string of the molecule is CC(C)(O)C1CCCN(c2ccc(N)nc2)C1.CCOC(=O)C1CCCN(c2ccc(N)nc2)C1.CCOC(=O)C1CCCN(c2ccc([N+](=O)[O-])nc2)C1.CCOC(=O)C1CCCNC1.O=[N+]([O-])c1ccc(Br)cn1. The third-order valence-corrected chi connectivity index (χ3v) is 13.3. The lowest BCUT2D eigenvalue weighted by Crippen LogP contribution is -2.44. The molecule has 24 heteroatoms. The second kappa shape index (κ2) is 31.9. The van der Waals surface area contributed by atoms with Crippen molar-refractivity contribution in [2.24, 2.45) is 23.7 Å². The molecule has 4 aromatic rings. The van der Waals surface area contributed by atoms with Crippen LogP contribution in [0.4, 0.5) is 40.3 Å². The van der Waals surface area contributed by atoms with Crippen LogP contribution in [0.3, 0.4) is 0 Å². The summed E-state index contributed by atoms with van der Waals surface area (Å²) in [7, 11) is 0. The summed E-state index contributed by atoms with van der Waals surface area (Å²) < 4.78 is 15.8. The van der Waals surface area contributed by atoms with Crippen LogP contribution in [0.15, 0.2) is 77.8 Å². The van der Waals surface area contributed by atoms with Crippen molar-refractivity contribution in [2.45, 2.75) is 91.6 Å². The molecule has 4 aromatic heterocycles. The molecular weight excluding hydrogens is 1050 g/mol. The van der Waals surface area contributed by atoms with Crippen LogP contribution >= 0.6 is 15.9 Å². The molecule has 0 amide bonds. The minimum atomic E-state index is -0.611. The van der Waals surface area contributed by atoms with Gasteiger partial charge >= 0.3 is 29.5 Å². The molecule has 4 aliphatic rings. The quantitative estimate of drug-likeness (QED) is 0.0473. The summed E-state index contributed by atoms with van der Waals surface area (Å²) in [5, 5.41) is 33.9. The van der Waals surface area contributed by atoms with E-state index in [4.69, 9.17) is 25.7 Å². The average Bonchev–Trinajstić information content (AvgIpc) is 3.42. The van der Waals surface area contributed by atoms with E-state index in [1.807, 2.05) is 57.0 Å². The minimum Gasteiger partial charge on any atom is -0.466 e. The fraction of sp³-hybridized carbons (Fsp3) is 0.558. The van der Waals surface area contributed by atoms with Crippen molar-refractivity contribution in [1.82, 2.24) is 25.3 Å². The number of esters is 3. The maximum Gasteiger partial charge on any atom is 0.363 e. The van der Waals surface area contributed by atoms with Gasteiger partial charge < -0.3 is 71.0 Å². The van der Waals surface area contributed by atoms with E-state index in [1.54, 1.807) is 31.3 Å². The van der Waals surface area contributed by atoms with Crippen molar-refractivity contribution in [1.29, 1.82) is 0 Å². The van der Waals surface area contributed by atoms with Crippen molar-refractivity contribution in [2.75, 3.05) is 98.3 Å². The smallest absolute Gasteiger partial charge is 0.363 e. The molecule has 4 fully saturated rings. The number of hydrogen-bond acceptors (Lipinski definition) is 21. The molecule has 0 spiro atoms. The number of carbonyl (C=O) groups excluding carboxylic acids is 3. The monoisotopic (exact) mass is 1120 g/mol. The van der Waals surface area contributed by atoms with Crippen LogP contribution in [0, 0.1) is 43.9 Å². The number of nitro groups is 2. The molecule has 0 bridgehead atoms. The predicted molar refractivity (Wildman–Crippen MR) is 293 cm³/mol. The van der Waals surface area contributed by atoms with E-state index in [2.05, 4.69) is 51.0 Å². The van der Waals surface area contributed by atoms with Crippen molar-refractivity contribution in [3.63, 3.8) is 0 Å². The number of aromatic nitrogens is 4. The van der Waals surface area contributed by atoms with Gasteiger partial charge in [-0.15, -0.1) is 0 Å². The van der Waals surface area contributed by atoms with Crippen LogP contribution in [-0.2, 0) is 28.6 Å². The summed E-state index contributed by atoms with van der Waals surface area (Å²) >= 11 is 3.11. The van der Waals surface area contributed by atoms with Crippen LogP contribution in [0.2, 0.25) is 0 Å². The average molecular weight is 1120 g/mol. The van der Waals surface area contributed by atoms with Crippen LogP contribution in [0.1, 0.15) is 86.0 Å². The lowest BCUT2D eigenvalue weighted by atomic mass is 9.84. The van der Waals surface area contributed by atoms with Gasteiger partial charge in [-0.1, -0.05) is 0 Å². The number of pyridine rings is 4. The molecule has 76 heavy (non-hydrogen) atoms. The molecule has 0 aromatic carbocycles. The van der Waals surface area contributed by atoms with Gasteiger partial charge in [0.2, 0.25) is 0 Å². The van der Waals surface area contributed by atoms with Crippen molar-refractivity contribution in [3.05, 3.63) is 98.0 Å². The van der Waals surface area contributed by atoms with Gasteiger partial charge in [0.05, 0.1) is 77.1 Å². The van der Waals surface area contributed by atoms with Crippen molar-refractivity contribution >= 4 is 74.2 Å². The molecule has 8 rings (SSSR count). The predicted octanol–water partition coefficient (Wildman–Crippen LogP) is 7.17. The number of nitrogens with two attached hydrogens (primary N) is 2. The number of rotatable bonds is 12. The number of halogens is 1. The number of carbonyl (C=O) groups is 3. The highest BCUT2D eigenvalue weighted by Crippen LogP contribution is 2.30. The fourth-order valence-corrected chi connectivity index (χ4v) is 8.98. The zero-order valence-electron chi connectivity index (χ0n) is 44.3. The number of ether oxygens (including phenoxy) is 3. The topological polar surface area (TPSA) is 311 Å². The Morgan fingerprint density at radius 3 is 1.41 bits per heavy atom. The Morgan fingerprint density at radius 1 is 0.632 bits per heavy atom. The van der Waals surface area contributed by atoms with Crippen molar-refractivity contribution in [3.8, 4) is 0 Å². The minimum absolute atomic E-state index is 0.0312. The number of nitrogens with one attached hydrogen (secondary N) is 1. The standard InChI is InChI=1S/C13H17N3O4.C13H19N3O2.C13H21N3O.C8H15NO2.C5H3BrN2O2/c1-2-20-13(17)10-4-3-7-15(9-10)11-5-6-12(14-8-11)16(18)19;1-2-18-13(17)10-4-3-7-16(9-10)11-5-6-12(14)15-8-11;1-13(2,17)10-4-3-7-16(9-10)11-5-6-12(14)15-8-11;1-2-11-8(10)7-4-3-5-9-6-7;6-4-1-2-5(7-3-4)8(9)10/h5-6,8,10H,2-4,7,9H2,1H3;5-6,8,10H,2-4,7,9H2,1H3,(H2,14,15);5-6,8,10,17H,3-4,7,9H2,1-2H3,(H2,14,15);7,9H,2-6H2,1H3;1-3H. The third kappa shape index (κ3) is 21.1. The van der Waals surface area contributed by atoms with Crippen molar-refractivity contribution < 1.29 is 43.5 Å². The number of aliphatic hydroxyl groups is 1. The lowest BCUT2D eigenvalue weighted by Gasteiger charge is -2.39. The summed E-state index contributed by atoms with van der Waals surface area (Å²) in [5.41, 5.74) is 13.4. The summed E-state index contributed by atoms with van der Waals surface area (Å²) in [5.74, 6) is 0.684. The second-order valence-electron chi connectivity index (χ2n) is 18.9. The Bertz CT molecular complexity index is 2390. The van der Waals surface area contributed by atoms with Gasteiger partial charge in [0.25, 0.3) is 0 Å². The van der Waals surface area contributed by atoms with Gasteiger partial charge in [-0.3, -0.25) is 14.4 Å². The Hall–Kier alpha value is -6.79. The van der Waals surface area contributed by atoms with E-state index >= 15 is 0 Å². The molecule has 8 heterocycles. The Labute approximate surface area is 452 Å². The van der Waals surface area contributed by atoms with Gasteiger partial charge in [0.15, 0.2) is 12.4 Å². The molecule has 4 atom stereocenters. The molecule has 4 saturated heterocycles. The number of hydrogen-bond donors (Lipinski definition) is 4. The summed E-state index contributed by atoms with van der Waals surface area (Å²) in [6.45, 7) is 17.3. The summed E-state index contributed by atoms with van der Waals surface area (Å²) in [6, 6.07) is 13.5. The first-order chi connectivity index (χ1) is 36.3. The molecule has 4 unspecified atom stereocenters. The normalized spacial score (nSPS) is 19.2. The first-order valence-corrected chi connectivity index (χ1v) is 26.6. The number of nitrogens with zero attached hydrogens (tertiary/aromatic N) is 9. The largest absolute Gasteiger partial charge is 0.466 e. The Balaban J connectivity index is 0.000000210. The molecule has 6 N–H and O–H groups in total. The lowest BCUT2D eigenvalue weighted by molar-refractivity contribution is -0.389. The highest BCUT2D eigenvalue weighted by atomic mass is 79.9. The van der Waals surface area contributed by atoms with Gasteiger partial charge in [0.1, 0.15) is 11.6 Å². The van der Waals surface area contributed by atoms with Gasteiger partial charge in [-0.25, -0.2) is 9.97 Å². The maximum atomic E-state index is 11.8. The summed E-state index contributed by atoms with van der Waals surface area (Å²) in [6.07, 6.45) is 14.3. The molecule has 0 radical (unpaired) electrons. The van der Waals surface area contributed by atoms with Crippen LogP contribution < -0.4 is 31.5 Å². The number of nitrogen functional groups attached to an aromatic ring is 2. The third-order valence-electron chi connectivity index (χ3n) is 12.9. The first-order valence-electron chi connectivity index (χ1n) is 25.8. The van der Waals surface area contributed by atoms with E-state index in [-0.39, 0.29) is 47.3 Å². The van der Waals surface area contributed by atoms with Gasteiger partial charge in [-0.05, 0) is 165 Å². The van der Waals surface area contributed by atoms with E-state index in [0.717, 1.165) is 112 Å². The molecule has 416 valence electrons. The molecule has 0 saturated carbocycles. The highest BCUT2D eigenvalue weighted by Gasteiger charge is 2.32. The Kier molecular flexibility index (Phi) is 26.0. The zero-order valence-corrected chi connectivity index (χ0v) is 45.8. The van der Waals surface area contributed by atoms with E-state index in [9.17, 15) is 39.7 Å². The van der Waals surface area contributed by atoms with Crippen LogP contribution in [0.25, 0.3) is 0 Å². The van der Waals surface area contributed by atoms with E-state index in [1.165, 1.54) is 24.5 Å². The Morgan fingerprint density at radius 2 is 1.04 bits per heavy atom. The highest BCUT2D eigenvalue weighted by molar-refractivity contribution is 9.10. The molecule has 0 aliphatic carbocycles. The number of piperidine rings is 4.